The Balaban J connectivity index is 3.52. The molecule has 1 rings (SSSR count). The summed E-state index contributed by atoms with van der Waals surface area (Å²) >= 11 is 0. The zero-order valence-corrected chi connectivity index (χ0v) is 10.4. The number of aromatic nitrogens is 2. The van der Waals surface area contributed by atoms with Crippen LogP contribution in [0.4, 0.5) is 13.2 Å². The van der Waals surface area contributed by atoms with Gasteiger partial charge in [0.1, 0.15) is 0 Å². The highest BCUT2D eigenvalue weighted by molar-refractivity contribution is 5.97. The number of carbonyl (C=O) groups excluding carboxylic acids is 2. The van der Waals surface area contributed by atoms with Gasteiger partial charge in [0.2, 0.25) is 5.91 Å². The molecule has 0 atom stereocenters. The van der Waals surface area contributed by atoms with Crippen molar-refractivity contribution in [2.75, 3.05) is 0 Å². The van der Waals surface area contributed by atoms with E-state index in [4.69, 9.17) is 0 Å². The van der Waals surface area contributed by atoms with E-state index in [-0.39, 0.29) is 5.69 Å². The van der Waals surface area contributed by atoms with Gasteiger partial charge in [0.25, 0.3) is 0 Å². The molecule has 100 valence electrons. The number of alkyl halides is 3. The number of hydrogen-bond donors (Lipinski definition) is 0. The van der Waals surface area contributed by atoms with Crippen molar-refractivity contribution in [1.82, 2.24) is 9.78 Å². The highest BCUT2D eigenvalue weighted by Gasteiger charge is 2.40. The van der Waals surface area contributed by atoms with Crippen molar-refractivity contribution in [1.29, 1.82) is 0 Å². The van der Waals surface area contributed by atoms with Crippen LogP contribution in [0.2, 0.25) is 0 Å². The maximum absolute atomic E-state index is 12.7. The van der Waals surface area contributed by atoms with Gasteiger partial charge in [-0.05, 0) is 13.8 Å². The van der Waals surface area contributed by atoms with Crippen molar-refractivity contribution in [3.8, 4) is 0 Å². The van der Waals surface area contributed by atoms with Crippen LogP contribution in [-0.2, 0) is 6.18 Å². The molecule has 0 fully saturated rings. The molecule has 1 aromatic heterocycles. The molecule has 0 saturated heterocycles. The van der Waals surface area contributed by atoms with Crippen LogP contribution in [0.25, 0.3) is 0 Å². The van der Waals surface area contributed by atoms with E-state index < -0.39 is 35.0 Å². The topological polar surface area (TPSA) is 52.0 Å². The molecule has 1 aromatic rings. The fourth-order valence-electron chi connectivity index (χ4n) is 1.58. The van der Waals surface area contributed by atoms with Crippen molar-refractivity contribution in [2.45, 2.75) is 33.9 Å². The minimum absolute atomic E-state index is 0.0754. The molecule has 0 bridgehead atoms. The Labute approximate surface area is 102 Å². The molecule has 0 aromatic carbocycles. The van der Waals surface area contributed by atoms with Gasteiger partial charge in [0, 0.05) is 5.92 Å². The lowest BCUT2D eigenvalue weighted by molar-refractivity contribution is -0.141. The smallest absolute Gasteiger partial charge is 0.294 e. The van der Waals surface area contributed by atoms with Crippen LogP contribution < -0.4 is 0 Å². The normalized spacial score (nSPS) is 12.0. The number of ketones is 1. The molecule has 0 aliphatic rings. The van der Waals surface area contributed by atoms with Gasteiger partial charge in [-0.15, -0.1) is 0 Å². The quantitative estimate of drug-likeness (QED) is 0.770. The van der Waals surface area contributed by atoms with Crippen LogP contribution in [0.15, 0.2) is 0 Å². The molecule has 4 nitrogen and oxygen atoms in total. The van der Waals surface area contributed by atoms with Gasteiger partial charge in [0.05, 0.1) is 11.3 Å². The summed E-state index contributed by atoms with van der Waals surface area (Å²) in [7, 11) is 0. The van der Waals surface area contributed by atoms with Gasteiger partial charge in [0.15, 0.2) is 11.5 Å². The Hall–Kier alpha value is -1.66. The van der Waals surface area contributed by atoms with E-state index in [1.165, 1.54) is 6.92 Å². The second kappa shape index (κ2) is 4.55. The average molecular weight is 262 g/mol. The number of carbonyl (C=O) groups is 2. The fraction of sp³-hybridized carbons (Fsp3) is 0.545. The zero-order chi connectivity index (χ0) is 14.2. The number of hydrogen-bond acceptors (Lipinski definition) is 3. The lowest BCUT2D eigenvalue weighted by Crippen LogP contribution is -2.20. The number of rotatable bonds is 2. The standard InChI is InChI=1S/C11H13F3N2O2/c1-5(2)10(18)16-6(3)8(7(4)17)9(15-16)11(12,13)14/h5H,1-4H3. The predicted molar refractivity (Wildman–Crippen MR) is 57.4 cm³/mol. The van der Waals surface area contributed by atoms with Crippen LogP contribution in [0.3, 0.4) is 0 Å². The van der Waals surface area contributed by atoms with Crippen LogP contribution in [0, 0.1) is 12.8 Å². The molecule has 7 heteroatoms. The van der Waals surface area contributed by atoms with E-state index in [0.717, 1.165) is 6.92 Å². The van der Waals surface area contributed by atoms with Crippen molar-refractivity contribution in [3.63, 3.8) is 0 Å². The number of nitrogens with zero attached hydrogens (tertiary/aromatic N) is 2. The Morgan fingerprint density at radius 3 is 2.06 bits per heavy atom. The van der Waals surface area contributed by atoms with E-state index in [9.17, 15) is 22.8 Å². The maximum Gasteiger partial charge on any atom is 0.435 e. The van der Waals surface area contributed by atoms with E-state index >= 15 is 0 Å². The van der Waals surface area contributed by atoms with Gasteiger partial charge in [-0.1, -0.05) is 13.8 Å². The molecule has 1 heterocycles. The summed E-state index contributed by atoms with van der Waals surface area (Å²) in [5.41, 5.74) is -1.92. The summed E-state index contributed by atoms with van der Waals surface area (Å²) in [6.45, 7) is 5.39. The maximum atomic E-state index is 12.7. The predicted octanol–water partition coefficient (Wildman–Crippen LogP) is 2.71. The summed E-state index contributed by atoms with van der Waals surface area (Å²) in [6, 6.07) is 0. The highest BCUT2D eigenvalue weighted by Crippen LogP contribution is 2.32. The number of Topliss-reactive ketones (excluding diaryl/α,β-unsaturated/α-hetero) is 1. The monoisotopic (exact) mass is 262 g/mol. The Bertz CT molecular complexity index is 501. The van der Waals surface area contributed by atoms with Gasteiger partial charge < -0.3 is 0 Å². The first-order valence-corrected chi connectivity index (χ1v) is 5.29. The molecule has 0 N–H and O–H groups in total. The van der Waals surface area contributed by atoms with E-state index in [0.29, 0.717) is 4.68 Å². The van der Waals surface area contributed by atoms with Gasteiger partial charge >= 0.3 is 6.18 Å². The van der Waals surface area contributed by atoms with Crippen LogP contribution in [0.1, 0.15) is 47.3 Å². The fourth-order valence-corrected chi connectivity index (χ4v) is 1.58. The third-order valence-corrected chi connectivity index (χ3v) is 2.44. The molecule has 18 heavy (non-hydrogen) atoms. The van der Waals surface area contributed by atoms with Crippen molar-refractivity contribution >= 4 is 11.7 Å². The first-order chi connectivity index (χ1) is 8.07. The van der Waals surface area contributed by atoms with Crippen LogP contribution >= 0.6 is 0 Å². The van der Waals surface area contributed by atoms with Gasteiger partial charge in [-0.2, -0.15) is 18.3 Å². The van der Waals surface area contributed by atoms with Gasteiger partial charge in [-0.25, -0.2) is 4.68 Å². The Morgan fingerprint density at radius 2 is 1.78 bits per heavy atom. The minimum atomic E-state index is -4.76. The zero-order valence-electron chi connectivity index (χ0n) is 10.4. The molecule has 0 spiro atoms. The number of halogens is 3. The minimum Gasteiger partial charge on any atom is -0.294 e. The molecular formula is C11H13F3N2O2. The lowest BCUT2D eigenvalue weighted by Gasteiger charge is -2.05. The molecule has 0 amide bonds. The Kier molecular flexibility index (Phi) is 3.64. The third kappa shape index (κ3) is 2.44. The molecule has 0 saturated carbocycles. The summed E-state index contributed by atoms with van der Waals surface area (Å²) in [4.78, 5) is 23.0. The van der Waals surface area contributed by atoms with Crippen LogP contribution in [-0.4, -0.2) is 21.5 Å². The van der Waals surface area contributed by atoms with Crippen molar-refractivity contribution < 1.29 is 22.8 Å². The molecule has 0 aliphatic heterocycles. The van der Waals surface area contributed by atoms with E-state index in [1.807, 2.05) is 0 Å². The molecule has 0 radical (unpaired) electrons. The summed E-state index contributed by atoms with van der Waals surface area (Å²) in [6.07, 6.45) is -4.76. The largest absolute Gasteiger partial charge is 0.435 e. The first-order valence-electron chi connectivity index (χ1n) is 5.29. The highest BCUT2D eigenvalue weighted by atomic mass is 19.4. The molecule has 0 unspecified atom stereocenters. The average Bonchev–Trinajstić information content (AvgIpc) is 2.54. The molecular weight excluding hydrogens is 249 g/mol. The summed E-state index contributed by atoms with van der Waals surface area (Å²) in [5.74, 6) is -1.85. The Morgan fingerprint density at radius 1 is 1.28 bits per heavy atom. The second-order valence-corrected chi connectivity index (χ2v) is 4.27. The summed E-state index contributed by atoms with van der Waals surface area (Å²) < 4.78 is 38.8. The third-order valence-electron chi connectivity index (χ3n) is 2.44. The lowest BCUT2D eigenvalue weighted by atomic mass is 10.1. The summed E-state index contributed by atoms with van der Waals surface area (Å²) in [5, 5.41) is 3.24. The van der Waals surface area contributed by atoms with E-state index in [2.05, 4.69) is 5.10 Å². The molecule has 0 aliphatic carbocycles. The first kappa shape index (κ1) is 14.4. The van der Waals surface area contributed by atoms with E-state index in [1.54, 1.807) is 13.8 Å². The van der Waals surface area contributed by atoms with Crippen LogP contribution in [0.5, 0.6) is 0 Å². The van der Waals surface area contributed by atoms with Crippen molar-refractivity contribution in [3.05, 3.63) is 17.0 Å². The SMILES string of the molecule is CC(=O)c1c(C(F)(F)F)nn(C(=O)C(C)C)c1C. The second-order valence-electron chi connectivity index (χ2n) is 4.27. The van der Waals surface area contributed by atoms with Gasteiger partial charge in [-0.3, -0.25) is 9.59 Å². The van der Waals surface area contributed by atoms with Crippen molar-refractivity contribution in [2.24, 2.45) is 5.92 Å².